The van der Waals surface area contributed by atoms with Gasteiger partial charge in [-0.3, -0.25) is 4.90 Å². The summed E-state index contributed by atoms with van der Waals surface area (Å²) in [6.45, 7) is 3.40. The lowest BCUT2D eigenvalue weighted by atomic mass is 10.1. The van der Waals surface area contributed by atoms with Crippen LogP contribution in [0.5, 0.6) is 0 Å². The highest BCUT2D eigenvalue weighted by atomic mass is 16.7. The average Bonchev–Trinajstić information content (AvgIpc) is 2.98. The third kappa shape index (κ3) is 3.84. The number of H-pyrrole nitrogens is 1. The van der Waals surface area contributed by atoms with Crippen LogP contribution in [0, 0.1) is 0 Å². The molecule has 1 N–H and O–H groups in total. The predicted molar refractivity (Wildman–Crippen MR) is 84.2 cm³/mol. The molecule has 1 aromatic heterocycles. The minimum absolute atomic E-state index is 0.0130. The molecule has 0 aliphatic carbocycles. The number of para-hydroxylation sites is 1. The zero-order valence-corrected chi connectivity index (χ0v) is 12.7. The lowest BCUT2D eigenvalue weighted by Gasteiger charge is -2.24. The van der Waals surface area contributed by atoms with E-state index in [1.54, 1.807) is 0 Å². The summed E-state index contributed by atoms with van der Waals surface area (Å²) in [7, 11) is 2.13. The first-order valence-electron chi connectivity index (χ1n) is 7.79. The second-order valence-electron chi connectivity index (χ2n) is 5.76. The standard InChI is InChI=1S/C17H24N2O2/c1-19(10-12-21-16-7-2-3-11-20-16)13-15-6-4-5-14-8-9-18-17(14)15/h4-6,8-9,16,18H,2-3,7,10-13H2,1H3/t16-/m1/s1. The summed E-state index contributed by atoms with van der Waals surface area (Å²) in [6.07, 6.45) is 5.43. The molecule has 1 atom stereocenters. The number of rotatable bonds is 6. The molecule has 114 valence electrons. The second kappa shape index (κ2) is 7.07. The fourth-order valence-corrected chi connectivity index (χ4v) is 2.83. The van der Waals surface area contributed by atoms with Crippen LogP contribution < -0.4 is 0 Å². The van der Waals surface area contributed by atoms with Crippen LogP contribution in [0.1, 0.15) is 24.8 Å². The minimum Gasteiger partial charge on any atom is -0.361 e. The first-order chi connectivity index (χ1) is 10.3. The summed E-state index contributed by atoms with van der Waals surface area (Å²) >= 11 is 0. The number of aromatic nitrogens is 1. The van der Waals surface area contributed by atoms with E-state index in [0.29, 0.717) is 0 Å². The van der Waals surface area contributed by atoms with Gasteiger partial charge in [-0.25, -0.2) is 0 Å². The number of ether oxygens (including phenoxy) is 2. The van der Waals surface area contributed by atoms with Crippen LogP contribution in [-0.4, -0.2) is 43.0 Å². The Balaban J connectivity index is 1.47. The van der Waals surface area contributed by atoms with Gasteiger partial charge in [0.1, 0.15) is 0 Å². The molecule has 2 aromatic rings. The second-order valence-corrected chi connectivity index (χ2v) is 5.76. The van der Waals surface area contributed by atoms with Gasteiger partial charge in [0, 0.05) is 31.4 Å². The molecule has 1 saturated heterocycles. The Morgan fingerprint density at radius 1 is 1.33 bits per heavy atom. The molecule has 0 radical (unpaired) electrons. The number of hydrogen-bond acceptors (Lipinski definition) is 3. The number of hydrogen-bond donors (Lipinski definition) is 1. The molecule has 0 bridgehead atoms. The van der Waals surface area contributed by atoms with E-state index in [1.807, 2.05) is 6.20 Å². The Labute approximate surface area is 126 Å². The summed E-state index contributed by atoms with van der Waals surface area (Å²) in [5.74, 6) is 0. The molecule has 1 aliphatic heterocycles. The third-order valence-corrected chi connectivity index (χ3v) is 4.03. The van der Waals surface area contributed by atoms with Crippen molar-refractivity contribution in [2.75, 3.05) is 26.8 Å². The van der Waals surface area contributed by atoms with E-state index in [0.717, 1.165) is 32.7 Å². The SMILES string of the molecule is CN(CCO[C@@H]1CCCCO1)Cc1cccc2cc[nH]c12. The Hall–Kier alpha value is -1.36. The van der Waals surface area contributed by atoms with Crippen molar-refractivity contribution in [2.45, 2.75) is 32.1 Å². The quantitative estimate of drug-likeness (QED) is 0.887. The van der Waals surface area contributed by atoms with Gasteiger partial charge in [0.25, 0.3) is 0 Å². The minimum atomic E-state index is 0.0130. The normalized spacial score (nSPS) is 19.4. The largest absolute Gasteiger partial charge is 0.361 e. The number of fused-ring (bicyclic) bond motifs is 1. The van der Waals surface area contributed by atoms with Crippen molar-refractivity contribution in [1.29, 1.82) is 0 Å². The highest BCUT2D eigenvalue weighted by Gasteiger charge is 2.14. The van der Waals surface area contributed by atoms with E-state index in [9.17, 15) is 0 Å². The number of benzene rings is 1. The van der Waals surface area contributed by atoms with E-state index in [1.165, 1.54) is 29.3 Å². The van der Waals surface area contributed by atoms with Gasteiger partial charge in [0.2, 0.25) is 0 Å². The molecule has 0 unspecified atom stereocenters. The van der Waals surface area contributed by atoms with Crippen molar-refractivity contribution in [1.82, 2.24) is 9.88 Å². The Bertz CT molecular complexity index is 561. The maximum absolute atomic E-state index is 5.79. The molecule has 4 heteroatoms. The first-order valence-corrected chi connectivity index (χ1v) is 7.79. The Morgan fingerprint density at radius 2 is 2.29 bits per heavy atom. The van der Waals surface area contributed by atoms with Crippen molar-refractivity contribution in [3.63, 3.8) is 0 Å². The van der Waals surface area contributed by atoms with Crippen LogP contribution in [0.2, 0.25) is 0 Å². The smallest absolute Gasteiger partial charge is 0.157 e. The number of nitrogens with zero attached hydrogens (tertiary/aromatic N) is 1. The zero-order chi connectivity index (χ0) is 14.5. The molecule has 21 heavy (non-hydrogen) atoms. The van der Waals surface area contributed by atoms with Crippen LogP contribution in [0.15, 0.2) is 30.5 Å². The van der Waals surface area contributed by atoms with Gasteiger partial charge in [-0.15, -0.1) is 0 Å². The van der Waals surface area contributed by atoms with E-state index < -0.39 is 0 Å². The molecule has 1 aliphatic rings. The number of aromatic amines is 1. The molecule has 0 amide bonds. The van der Waals surface area contributed by atoms with E-state index in [-0.39, 0.29) is 6.29 Å². The van der Waals surface area contributed by atoms with Gasteiger partial charge < -0.3 is 14.5 Å². The van der Waals surface area contributed by atoms with E-state index >= 15 is 0 Å². The summed E-state index contributed by atoms with van der Waals surface area (Å²) in [4.78, 5) is 5.61. The molecule has 4 nitrogen and oxygen atoms in total. The zero-order valence-electron chi connectivity index (χ0n) is 12.7. The monoisotopic (exact) mass is 288 g/mol. The third-order valence-electron chi connectivity index (χ3n) is 4.03. The molecule has 0 spiro atoms. The highest BCUT2D eigenvalue weighted by Crippen LogP contribution is 2.18. The van der Waals surface area contributed by atoms with Gasteiger partial charge in [-0.05, 0) is 43.3 Å². The summed E-state index contributed by atoms with van der Waals surface area (Å²) in [5.41, 5.74) is 2.56. The predicted octanol–water partition coefficient (Wildman–Crippen LogP) is 3.14. The van der Waals surface area contributed by atoms with Crippen molar-refractivity contribution in [3.05, 3.63) is 36.0 Å². The van der Waals surface area contributed by atoms with Crippen molar-refractivity contribution < 1.29 is 9.47 Å². The Kier molecular flexibility index (Phi) is 4.91. The van der Waals surface area contributed by atoms with E-state index in [4.69, 9.17) is 9.47 Å². The molecular weight excluding hydrogens is 264 g/mol. The summed E-state index contributed by atoms with van der Waals surface area (Å²) < 4.78 is 11.4. The molecular formula is C17H24N2O2. The topological polar surface area (TPSA) is 37.5 Å². The van der Waals surface area contributed by atoms with E-state index in [2.05, 4.69) is 41.2 Å². The molecule has 1 fully saturated rings. The van der Waals surface area contributed by atoms with Crippen LogP contribution in [0.4, 0.5) is 0 Å². The highest BCUT2D eigenvalue weighted by molar-refractivity contribution is 5.82. The van der Waals surface area contributed by atoms with Crippen molar-refractivity contribution >= 4 is 10.9 Å². The van der Waals surface area contributed by atoms with Crippen LogP contribution in [-0.2, 0) is 16.0 Å². The van der Waals surface area contributed by atoms with Crippen molar-refractivity contribution in [3.8, 4) is 0 Å². The van der Waals surface area contributed by atoms with Gasteiger partial charge in [-0.1, -0.05) is 18.2 Å². The van der Waals surface area contributed by atoms with Crippen LogP contribution >= 0.6 is 0 Å². The number of likely N-dealkylation sites (N-methyl/N-ethyl adjacent to an activating group) is 1. The van der Waals surface area contributed by atoms with Gasteiger partial charge in [-0.2, -0.15) is 0 Å². The molecule has 0 saturated carbocycles. The van der Waals surface area contributed by atoms with Crippen LogP contribution in [0.25, 0.3) is 10.9 Å². The summed E-state index contributed by atoms with van der Waals surface area (Å²) in [6, 6.07) is 8.55. The van der Waals surface area contributed by atoms with Gasteiger partial charge in [0.05, 0.1) is 6.61 Å². The van der Waals surface area contributed by atoms with Crippen molar-refractivity contribution in [2.24, 2.45) is 0 Å². The maximum Gasteiger partial charge on any atom is 0.157 e. The number of nitrogens with one attached hydrogen (secondary N) is 1. The van der Waals surface area contributed by atoms with Gasteiger partial charge >= 0.3 is 0 Å². The molecule has 1 aromatic carbocycles. The van der Waals surface area contributed by atoms with Crippen LogP contribution in [0.3, 0.4) is 0 Å². The maximum atomic E-state index is 5.79. The lowest BCUT2D eigenvalue weighted by Crippen LogP contribution is -2.28. The lowest BCUT2D eigenvalue weighted by molar-refractivity contribution is -0.163. The first kappa shape index (κ1) is 14.6. The molecule has 2 heterocycles. The fraction of sp³-hybridized carbons (Fsp3) is 0.529. The average molecular weight is 288 g/mol. The molecule has 3 rings (SSSR count). The summed E-state index contributed by atoms with van der Waals surface area (Å²) in [5, 5.41) is 1.27. The Morgan fingerprint density at radius 3 is 3.14 bits per heavy atom. The fourth-order valence-electron chi connectivity index (χ4n) is 2.83. The van der Waals surface area contributed by atoms with Gasteiger partial charge in [0.15, 0.2) is 6.29 Å².